The molecule has 1 N–H and O–H groups in total. The Labute approximate surface area is 123 Å². The topological polar surface area (TPSA) is 75.4 Å². The molecule has 6 heteroatoms. The molecule has 1 aromatic heterocycles. The number of hydrogen-bond donors (Lipinski definition) is 1. The number of amides is 1. The van der Waals surface area contributed by atoms with Crippen LogP contribution in [0.25, 0.3) is 0 Å². The second-order valence-electron chi connectivity index (χ2n) is 6.08. The van der Waals surface area contributed by atoms with E-state index in [4.69, 9.17) is 5.11 Å². The largest absolute Gasteiger partial charge is 0.480 e. The van der Waals surface area contributed by atoms with E-state index in [0.29, 0.717) is 5.91 Å². The van der Waals surface area contributed by atoms with Crippen molar-refractivity contribution in [2.24, 2.45) is 5.92 Å². The molecule has 1 atom stereocenters. The molecule has 21 heavy (non-hydrogen) atoms. The van der Waals surface area contributed by atoms with Gasteiger partial charge in [0.2, 0.25) is 5.91 Å². The zero-order valence-electron chi connectivity index (χ0n) is 12.1. The third-order valence-corrected chi connectivity index (χ3v) is 4.56. The predicted octanol–water partition coefficient (Wildman–Crippen LogP) is 1.47. The van der Waals surface area contributed by atoms with Crippen LogP contribution >= 0.6 is 0 Å². The number of aliphatic carboxylic acids is 1. The van der Waals surface area contributed by atoms with Crippen molar-refractivity contribution in [2.45, 2.75) is 44.6 Å². The summed E-state index contributed by atoms with van der Waals surface area (Å²) in [6.07, 6.45) is 6.96. The van der Waals surface area contributed by atoms with Crippen molar-refractivity contribution < 1.29 is 14.7 Å². The maximum atomic E-state index is 12.3. The average molecular weight is 291 g/mol. The lowest BCUT2D eigenvalue weighted by molar-refractivity contribution is -0.139. The predicted molar refractivity (Wildman–Crippen MR) is 75.8 cm³/mol. The minimum absolute atomic E-state index is 0.114. The van der Waals surface area contributed by atoms with Crippen LogP contribution in [0.2, 0.25) is 0 Å². The van der Waals surface area contributed by atoms with Gasteiger partial charge in [0.25, 0.3) is 0 Å². The molecule has 3 rings (SSSR count). The van der Waals surface area contributed by atoms with Gasteiger partial charge in [0.05, 0.1) is 5.69 Å². The van der Waals surface area contributed by atoms with Gasteiger partial charge in [-0.25, -0.2) is 0 Å². The van der Waals surface area contributed by atoms with Gasteiger partial charge in [-0.2, -0.15) is 5.10 Å². The smallest absolute Gasteiger partial charge is 0.325 e. The summed E-state index contributed by atoms with van der Waals surface area (Å²) in [5, 5.41) is 13.1. The van der Waals surface area contributed by atoms with Gasteiger partial charge in [-0.05, 0) is 31.7 Å². The lowest BCUT2D eigenvalue weighted by atomic mass is 9.83. The molecule has 1 aliphatic heterocycles. The van der Waals surface area contributed by atoms with E-state index in [-0.39, 0.29) is 18.4 Å². The molecule has 0 aromatic carbocycles. The minimum Gasteiger partial charge on any atom is -0.480 e. The van der Waals surface area contributed by atoms with E-state index in [1.807, 2.05) is 11.0 Å². The van der Waals surface area contributed by atoms with Gasteiger partial charge >= 0.3 is 5.97 Å². The summed E-state index contributed by atoms with van der Waals surface area (Å²) in [5.74, 6) is -0.114. The van der Waals surface area contributed by atoms with Gasteiger partial charge in [0.15, 0.2) is 0 Å². The summed E-state index contributed by atoms with van der Waals surface area (Å²) in [7, 11) is 0. The van der Waals surface area contributed by atoms with E-state index < -0.39 is 5.97 Å². The third kappa shape index (κ3) is 3.09. The molecule has 6 nitrogen and oxygen atoms in total. The van der Waals surface area contributed by atoms with Crippen molar-refractivity contribution in [3.8, 4) is 0 Å². The quantitative estimate of drug-likeness (QED) is 0.911. The fourth-order valence-electron chi connectivity index (χ4n) is 3.15. The van der Waals surface area contributed by atoms with Crippen LogP contribution in [0.15, 0.2) is 12.3 Å². The molecule has 0 unspecified atom stereocenters. The zero-order chi connectivity index (χ0) is 14.8. The van der Waals surface area contributed by atoms with E-state index in [0.717, 1.165) is 44.5 Å². The molecular weight excluding hydrogens is 270 g/mol. The highest BCUT2D eigenvalue weighted by atomic mass is 16.4. The summed E-state index contributed by atoms with van der Waals surface area (Å²) in [6, 6.07) is 1.88. The molecule has 114 valence electrons. The van der Waals surface area contributed by atoms with Gasteiger partial charge in [-0.3, -0.25) is 14.3 Å². The molecule has 1 saturated carbocycles. The molecule has 0 radical (unpaired) electrons. The SMILES string of the molecule is O=C(O)Cn1ccc([C@H]2CCCN(C(=O)C3CCC3)C2)n1. The lowest BCUT2D eigenvalue weighted by Crippen LogP contribution is -2.44. The Hall–Kier alpha value is -1.85. The van der Waals surface area contributed by atoms with Crippen LogP contribution in [0.4, 0.5) is 0 Å². The summed E-state index contributed by atoms with van der Waals surface area (Å²) < 4.78 is 1.45. The fourth-order valence-corrected chi connectivity index (χ4v) is 3.15. The maximum absolute atomic E-state index is 12.3. The summed E-state index contributed by atoms with van der Waals surface area (Å²) in [6.45, 7) is 1.46. The van der Waals surface area contributed by atoms with Crippen LogP contribution in [-0.4, -0.2) is 44.8 Å². The highest BCUT2D eigenvalue weighted by Crippen LogP contribution is 2.32. The monoisotopic (exact) mass is 291 g/mol. The highest BCUT2D eigenvalue weighted by molar-refractivity contribution is 5.79. The second kappa shape index (κ2) is 5.87. The van der Waals surface area contributed by atoms with Gasteiger partial charge in [-0.1, -0.05) is 6.42 Å². The summed E-state index contributed by atoms with van der Waals surface area (Å²) in [4.78, 5) is 25.0. The summed E-state index contributed by atoms with van der Waals surface area (Å²) in [5.41, 5.74) is 0.905. The molecule has 2 aliphatic rings. The van der Waals surface area contributed by atoms with Gasteiger partial charge in [0, 0.05) is 31.1 Å². The molecular formula is C15H21N3O3. The van der Waals surface area contributed by atoms with Crippen LogP contribution in [0.5, 0.6) is 0 Å². The van der Waals surface area contributed by atoms with Gasteiger partial charge < -0.3 is 10.0 Å². The molecule has 0 spiro atoms. The molecule has 0 bridgehead atoms. The second-order valence-corrected chi connectivity index (χ2v) is 6.08. The summed E-state index contributed by atoms with van der Waals surface area (Å²) >= 11 is 0. The van der Waals surface area contributed by atoms with E-state index in [1.165, 1.54) is 11.1 Å². The van der Waals surface area contributed by atoms with E-state index in [9.17, 15) is 9.59 Å². The Morgan fingerprint density at radius 2 is 2.10 bits per heavy atom. The molecule has 1 amide bonds. The highest BCUT2D eigenvalue weighted by Gasteiger charge is 2.33. The Bertz CT molecular complexity index is 536. The molecule has 1 saturated heterocycles. The standard InChI is InChI=1S/C15H21N3O3/c19-14(20)10-18-8-6-13(16-18)12-5-2-7-17(9-12)15(21)11-3-1-4-11/h6,8,11-12H,1-5,7,9-10H2,(H,19,20)/t12-/m0/s1. The number of aromatic nitrogens is 2. The Kier molecular flexibility index (Phi) is 3.94. The Balaban J connectivity index is 1.63. The van der Waals surface area contributed by atoms with Crippen LogP contribution in [-0.2, 0) is 16.1 Å². The number of carbonyl (C=O) groups excluding carboxylic acids is 1. The first kappa shape index (κ1) is 14.1. The lowest BCUT2D eigenvalue weighted by Gasteiger charge is -2.36. The Morgan fingerprint density at radius 3 is 2.76 bits per heavy atom. The van der Waals surface area contributed by atoms with Crippen molar-refractivity contribution in [1.82, 2.24) is 14.7 Å². The van der Waals surface area contributed by atoms with Crippen molar-refractivity contribution in [3.63, 3.8) is 0 Å². The number of nitrogens with zero attached hydrogens (tertiary/aromatic N) is 3. The molecule has 2 fully saturated rings. The number of rotatable bonds is 4. The maximum Gasteiger partial charge on any atom is 0.325 e. The zero-order valence-corrected chi connectivity index (χ0v) is 12.1. The normalized spacial score (nSPS) is 22.9. The van der Waals surface area contributed by atoms with Crippen LogP contribution in [0.3, 0.4) is 0 Å². The number of carbonyl (C=O) groups is 2. The first-order valence-corrected chi connectivity index (χ1v) is 7.67. The van der Waals surface area contributed by atoms with Crippen LogP contribution < -0.4 is 0 Å². The molecule has 1 aromatic rings. The minimum atomic E-state index is -0.893. The van der Waals surface area contributed by atoms with Crippen molar-refractivity contribution in [2.75, 3.05) is 13.1 Å². The molecule has 2 heterocycles. The first-order valence-electron chi connectivity index (χ1n) is 7.67. The molecule has 1 aliphatic carbocycles. The van der Waals surface area contributed by atoms with Crippen LogP contribution in [0, 0.1) is 5.92 Å². The van der Waals surface area contributed by atoms with E-state index in [1.54, 1.807) is 6.20 Å². The van der Waals surface area contributed by atoms with Crippen LogP contribution in [0.1, 0.15) is 43.7 Å². The van der Waals surface area contributed by atoms with Gasteiger partial charge in [-0.15, -0.1) is 0 Å². The van der Waals surface area contributed by atoms with Crippen molar-refractivity contribution in [1.29, 1.82) is 0 Å². The number of carboxylic acids is 1. The third-order valence-electron chi connectivity index (χ3n) is 4.56. The van der Waals surface area contributed by atoms with E-state index >= 15 is 0 Å². The van der Waals surface area contributed by atoms with Crippen molar-refractivity contribution >= 4 is 11.9 Å². The number of hydrogen-bond acceptors (Lipinski definition) is 3. The number of likely N-dealkylation sites (tertiary alicyclic amines) is 1. The average Bonchev–Trinajstić information content (AvgIpc) is 2.84. The number of piperidine rings is 1. The van der Waals surface area contributed by atoms with Gasteiger partial charge in [0.1, 0.15) is 6.54 Å². The van der Waals surface area contributed by atoms with E-state index in [2.05, 4.69) is 5.10 Å². The fraction of sp³-hybridized carbons (Fsp3) is 0.667. The Morgan fingerprint density at radius 1 is 1.29 bits per heavy atom. The number of carboxylic acid groups (broad SMARTS) is 1. The first-order chi connectivity index (χ1) is 10.1. The van der Waals surface area contributed by atoms with Crippen molar-refractivity contribution in [3.05, 3.63) is 18.0 Å².